The Hall–Kier alpha value is -2.79. The first-order valence-corrected chi connectivity index (χ1v) is 9.93. The van der Waals surface area contributed by atoms with Crippen molar-refractivity contribution in [2.75, 3.05) is 18.6 Å². The summed E-state index contributed by atoms with van der Waals surface area (Å²) in [6.45, 7) is 9.75. The normalized spacial score (nSPS) is 11.3. The predicted octanol–water partition coefficient (Wildman–Crippen LogP) is 6.50. The van der Waals surface area contributed by atoms with Gasteiger partial charge in [-0.3, -0.25) is 4.90 Å². The maximum atomic E-state index is 12.2. The Morgan fingerprint density at radius 1 is 1.14 bits per heavy atom. The maximum absolute atomic E-state index is 12.2. The van der Waals surface area contributed by atoms with E-state index >= 15 is 0 Å². The van der Waals surface area contributed by atoms with Gasteiger partial charge in [0.1, 0.15) is 18.0 Å². The molecule has 0 bridgehead atoms. The summed E-state index contributed by atoms with van der Waals surface area (Å²) in [6, 6.07) is 16.2. The molecule has 5 heteroatoms. The smallest absolute Gasteiger partial charge is 0.414 e. The molecule has 0 saturated heterocycles. The minimum absolute atomic E-state index is 0.367. The molecule has 1 heterocycles. The molecular formula is C23H25NO3S. The molecule has 1 aromatic heterocycles. The maximum Gasteiger partial charge on any atom is 0.414 e. The largest absolute Gasteiger partial charge is 0.490 e. The lowest BCUT2D eigenvalue weighted by atomic mass is 10.1. The Morgan fingerprint density at radius 3 is 2.50 bits per heavy atom. The van der Waals surface area contributed by atoms with E-state index in [0.717, 1.165) is 17.0 Å². The molecule has 0 atom stereocenters. The van der Waals surface area contributed by atoms with E-state index in [0.29, 0.717) is 6.61 Å². The second kappa shape index (κ2) is 8.07. The second-order valence-corrected chi connectivity index (χ2v) is 8.58. The molecule has 0 saturated carbocycles. The van der Waals surface area contributed by atoms with E-state index in [-0.39, 0.29) is 6.09 Å². The third-order valence-corrected chi connectivity index (χ3v) is 5.21. The summed E-state index contributed by atoms with van der Waals surface area (Å²) >= 11 is 1.72. The molecule has 146 valence electrons. The van der Waals surface area contributed by atoms with Crippen molar-refractivity contribution in [3.05, 3.63) is 61.2 Å². The molecule has 0 N–H and O–H groups in total. The van der Waals surface area contributed by atoms with Crippen LogP contribution in [0.2, 0.25) is 0 Å². The molecule has 2 aromatic carbocycles. The Bertz CT molecular complexity index is 983. The zero-order chi connectivity index (χ0) is 20.3. The average Bonchev–Trinajstić information content (AvgIpc) is 3.08. The van der Waals surface area contributed by atoms with Gasteiger partial charge in [0, 0.05) is 22.3 Å². The molecule has 0 aliphatic heterocycles. The van der Waals surface area contributed by atoms with Crippen LogP contribution in [0.1, 0.15) is 20.8 Å². The van der Waals surface area contributed by atoms with E-state index in [1.807, 2.05) is 51.1 Å². The van der Waals surface area contributed by atoms with Crippen LogP contribution in [0.3, 0.4) is 0 Å². The lowest BCUT2D eigenvalue weighted by Crippen LogP contribution is -2.34. The number of fused-ring (bicyclic) bond motifs is 1. The number of benzene rings is 2. The number of ether oxygens (including phenoxy) is 2. The van der Waals surface area contributed by atoms with Crippen molar-refractivity contribution in [2.24, 2.45) is 0 Å². The monoisotopic (exact) mass is 395 g/mol. The van der Waals surface area contributed by atoms with Crippen LogP contribution >= 0.6 is 11.3 Å². The zero-order valence-corrected chi connectivity index (χ0v) is 17.5. The van der Waals surface area contributed by atoms with Gasteiger partial charge in [0.15, 0.2) is 0 Å². The minimum atomic E-state index is -0.517. The summed E-state index contributed by atoms with van der Waals surface area (Å²) in [7, 11) is 1.72. The highest BCUT2D eigenvalue weighted by Crippen LogP contribution is 2.36. The summed E-state index contributed by atoms with van der Waals surface area (Å²) in [6.07, 6.45) is 1.37. The summed E-state index contributed by atoms with van der Waals surface area (Å²) < 4.78 is 12.2. The molecule has 3 rings (SSSR count). The van der Waals surface area contributed by atoms with E-state index in [9.17, 15) is 4.79 Å². The van der Waals surface area contributed by atoms with Crippen molar-refractivity contribution in [1.29, 1.82) is 0 Å². The average molecular weight is 396 g/mol. The van der Waals surface area contributed by atoms with Crippen LogP contribution in [0, 0.1) is 0 Å². The van der Waals surface area contributed by atoms with Gasteiger partial charge in [0.05, 0.1) is 0 Å². The Balaban J connectivity index is 1.79. The van der Waals surface area contributed by atoms with Crippen LogP contribution in [0.5, 0.6) is 5.75 Å². The number of hydrogen-bond acceptors (Lipinski definition) is 4. The predicted molar refractivity (Wildman–Crippen MR) is 118 cm³/mol. The molecule has 3 aromatic rings. The van der Waals surface area contributed by atoms with Crippen LogP contribution in [0.15, 0.2) is 61.2 Å². The first-order chi connectivity index (χ1) is 13.3. The van der Waals surface area contributed by atoms with Gasteiger partial charge < -0.3 is 9.47 Å². The van der Waals surface area contributed by atoms with E-state index in [4.69, 9.17) is 9.47 Å². The minimum Gasteiger partial charge on any atom is -0.490 e. The van der Waals surface area contributed by atoms with Gasteiger partial charge in [0.25, 0.3) is 0 Å². The van der Waals surface area contributed by atoms with Crippen molar-refractivity contribution in [2.45, 2.75) is 26.4 Å². The van der Waals surface area contributed by atoms with Crippen molar-refractivity contribution >= 4 is 33.2 Å². The van der Waals surface area contributed by atoms with Crippen molar-refractivity contribution in [3.8, 4) is 16.2 Å². The number of hydrogen-bond donors (Lipinski definition) is 0. The summed E-state index contributed by atoms with van der Waals surface area (Å²) in [5.74, 6) is 0.843. The number of anilines is 1. The van der Waals surface area contributed by atoms with E-state index < -0.39 is 5.60 Å². The molecule has 0 aliphatic rings. The van der Waals surface area contributed by atoms with Crippen LogP contribution in [-0.4, -0.2) is 25.3 Å². The third-order valence-electron chi connectivity index (χ3n) is 4.07. The number of thiophene rings is 1. The molecule has 0 fully saturated rings. The lowest BCUT2D eigenvalue weighted by Gasteiger charge is -2.24. The second-order valence-electron chi connectivity index (χ2n) is 7.50. The van der Waals surface area contributed by atoms with Gasteiger partial charge >= 0.3 is 6.09 Å². The molecular weight excluding hydrogens is 370 g/mol. The number of rotatable bonds is 5. The number of nitrogens with zero attached hydrogens (tertiary/aromatic N) is 1. The van der Waals surface area contributed by atoms with Gasteiger partial charge in [-0.2, -0.15) is 0 Å². The summed E-state index contributed by atoms with van der Waals surface area (Å²) in [4.78, 5) is 14.9. The fourth-order valence-corrected chi connectivity index (χ4v) is 3.78. The third kappa shape index (κ3) is 4.73. The van der Waals surface area contributed by atoms with Crippen LogP contribution < -0.4 is 9.64 Å². The fraction of sp³-hybridized carbons (Fsp3) is 0.261. The van der Waals surface area contributed by atoms with Crippen molar-refractivity contribution < 1.29 is 14.3 Å². The Kier molecular flexibility index (Phi) is 5.75. The Morgan fingerprint density at radius 2 is 1.86 bits per heavy atom. The van der Waals surface area contributed by atoms with Crippen LogP contribution in [0.25, 0.3) is 20.5 Å². The SMILES string of the molecule is C=CCOc1ccc2cc(-c3ccc(N(C)C(=O)OC(C)(C)C)cc3)sc2c1. The number of carbonyl (C=O) groups excluding carboxylic acids is 1. The van der Waals surface area contributed by atoms with Gasteiger partial charge in [-0.25, -0.2) is 4.79 Å². The first kappa shape index (κ1) is 20.0. The fourth-order valence-electron chi connectivity index (χ4n) is 2.68. The van der Waals surface area contributed by atoms with Crippen molar-refractivity contribution in [1.82, 2.24) is 0 Å². The van der Waals surface area contributed by atoms with Gasteiger partial charge in [0.2, 0.25) is 0 Å². The molecule has 0 aliphatic carbocycles. The zero-order valence-electron chi connectivity index (χ0n) is 16.7. The number of amides is 1. The van der Waals surface area contributed by atoms with E-state index in [1.54, 1.807) is 24.5 Å². The highest BCUT2D eigenvalue weighted by atomic mass is 32.1. The van der Waals surface area contributed by atoms with Gasteiger partial charge in [-0.05, 0) is 68.1 Å². The summed E-state index contributed by atoms with van der Waals surface area (Å²) in [5, 5.41) is 1.18. The highest BCUT2D eigenvalue weighted by Gasteiger charge is 2.20. The number of carbonyl (C=O) groups is 1. The van der Waals surface area contributed by atoms with E-state index in [1.165, 1.54) is 19.9 Å². The molecule has 4 nitrogen and oxygen atoms in total. The van der Waals surface area contributed by atoms with Gasteiger partial charge in [-0.15, -0.1) is 11.3 Å². The molecule has 28 heavy (non-hydrogen) atoms. The molecule has 1 amide bonds. The van der Waals surface area contributed by atoms with E-state index in [2.05, 4.69) is 24.8 Å². The van der Waals surface area contributed by atoms with Crippen LogP contribution in [-0.2, 0) is 4.74 Å². The molecule has 0 unspecified atom stereocenters. The topological polar surface area (TPSA) is 38.8 Å². The van der Waals surface area contributed by atoms with Gasteiger partial charge in [-0.1, -0.05) is 24.8 Å². The molecule has 0 radical (unpaired) electrons. The summed E-state index contributed by atoms with van der Waals surface area (Å²) in [5.41, 5.74) is 1.38. The first-order valence-electron chi connectivity index (χ1n) is 9.11. The lowest BCUT2D eigenvalue weighted by molar-refractivity contribution is 0.0589. The van der Waals surface area contributed by atoms with Crippen molar-refractivity contribution in [3.63, 3.8) is 0 Å². The quantitative estimate of drug-likeness (QED) is 0.463. The molecule has 0 spiro atoms. The van der Waals surface area contributed by atoms with Crippen LogP contribution in [0.4, 0.5) is 10.5 Å². The highest BCUT2D eigenvalue weighted by molar-refractivity contribution is 7.22. The Labute approximate surface area is 170 Å². The standard InChI is InChI=1S/C23H25NO3S/c1-6-13-26-19-12-9-17-14-20(28-21(17)15-19)16-7-10-18(11-8-16)24(5)22(25)27-23(2,3)4/h6-12,14-15H,1,13H2,2-5H3.